The number of hydrogen-bond acceptors (Lipinski definition) is 8. The summed E-state index contributed by atoms with van der Waals surface area (Å²) in [4.78, 5) is 35.3. The SMILES string of the molecule is CC/C=C\C/C=C\C/C=C\C/C=C\C/C=C\C=C/C(O)CCC(=O)OC[C@H](COP(=O)(O)OCC[N+](C)(C)C)OC(=O)CCCCCCC/C=C\CCCCCC. The number of ether oxygens (including phenoxy) is 2. The van der Waals surface area contributed by atoms with Crippen molar-refractivity contribution < 1.29 is 47.2 Å². The Labute approximate surface area is 346 Å². The van der Waals surface area contributed by atoms with E-state index in [-0.39, 0.29) is 32.5 Å². The lowest BCUT2D eigenvalue weighted by Crippen LogP contribution is -2.37. The molecule has 0 aliphatic rings. The van der Waals surface area contributed by atoms with Crippen molar-refractivity contribution in [3.8, 4) is 0 Å². The number of phosphoric acid groups is 1. The van der Waals surface area contributed by atoms with E-state index in [2.05, 4.69) is 74.6 Å². The molecule has 326 valence electrons. The Morgan fingerprint density at radius 1 is 0.649 bits per heavy atom. The number of carbonyl (C=O) groups is 2. The molecule has 2 N–H and O–H groups in total. The molecule has 0 bridgehead atoms. The van der Waals surface area contributed by atoms with Crippen molar-refractivity contribution >= 4 is 19.8 Å². The fourth-order valence-electron chi connectivity index (χ4n) is 5.12. The monoisotopic (exact) mass is 821 g/mol. The van der Waals surface area contributed by atoms with Gasteiger partial charge in [-0.15, -0.1) is 0 Å². The molecule has 0 heterocycles. The van der Waals surface area contributed by atoms with Crippen LogP contribution in [0.3, 0.4) is 0 Å². The largest absolute Gasteiger partial charge is 0.472 e. The van der Waals surface area contributed by atoms with Crippen molar-refractivity contribution in [2.24, 2.45) is 0 Å². The van der Waals surface area contributed by atoms with Crippen LogP contribution in [0.25, 0.3) is 0 Å². The lowest BCUT2D eigenvalue weighted by atomic mass is 10.1. The molecular formula is C46H79NO9P+. The van der Waals surface area contributed by atoms with E-state index < -0.39 is 38.6 Å². The van der Waals surface area contributed by atoms with E-state index >= 15 is 0 Å². The zero-order valence-corrected chi connectivity index (χ0v) is 37.0. The maximum Gasteiger partial charge on any atom is 0.472 e. The number of hydrogen-bond donors (Lipinski definition) is 2. The number of rotatable bonds is 37. The highest BCUT2D eigenvalue weighted by Crippen LogP contribution is 2.43. The van der Waals surface area contributed by atoms with Crippen LogP contribution in [0.1, 0.15) is 136 Å². The summed E-state index contributed by atoms with van der Waals surface area (Å²) in [5.74, 6) is -1.10. The lowest BCUT2D eigenvalue weighted by molar-refractivity contribution is -0.870. The van der Waals surface area contributed by atoms with Gasteiger partial charge in [0.05, 0.1) is 33.9 Å². The normalized spacial score (nSPS) is 15.0. The summed E-state index contributed by atoms with van der Waals surface area (Å²) >= 11 is 0. The first-order chi connectivity index (χ1) is 27.4. The molecule has 0 aliphatic carbocycles. The number of aliphatic hydroxyl groups excluding tert-OH is 1. The van der Waals surface area contributed by atoms with Crippen molar-refractivity contribution in [2.75, 3.05) is 47.5 Å². The van der Waals surface area contributed by atoms with Gasteiger partial charge in [-0.2, -0.15) is 0 Å². The molecule has 0 rings (SSSR count). The molecule has 0 saturated carbocycles. The summed E-state index contributed by atoms with van der Waals surface area (Å²) in [6, 6.07) is 0. The van der Waals surface area contributed by atoms with Gasteiger partial charge in [-0.05, 0) is 70.6 Å². The number of nitrogens with zero attached hydrogens (tertiary/aromatic N) is 1. The van der Waals surface area contributed by atoms with Gasteiger partial charge in [0.15, 0.2) is 6.10 Å². The van der Waals surface area contributed by atoms with Crippen molar-refractivity contribution in [2.45, 2.75) is 148 Å². The van der Waals surface area contributed by atoms with Crippen molar-refractivity contribution in [1.29, 1.82) is 0 Å². The molecular weight excluding hydrogens is 741 g/mol. The molecule has 0 amide bonds. The third kappa shape index (κ3) is 41.1. The molecule has 0 fully saturated rings. The summed E-state index contributed by atoms with van der Waals surface area (Å²) in [5, 5.41) is 10.3. The minimum atomic E-state index is -4.44. The zero-order valence-electron chi connectivity index (χ0n) is 36.1. The first-order valence-electron chi connectivity index (χ1n) is 21.4. The van der Waals surface area contributed by atoms with E-state index in [9.17, 15) is 24.2 Å². The van der Waals surface area contributed by atoms with Crippen LogP contribution >= 0.6 is 7.82 Å². The maximum atomic E-state index is 12.7. The zero-order chi connectivity index (χ0) is 42.3. The number of allylic oxidation sites excluding steroid dienone is 13. The Morgan fingerprint density at radius 2 is 1.21 bits per heavy atom. The van der Waals surface area contributed by atoms with Crippen molar-refractivity contribution in [3.05, 3.63) is 85.1 Å². The maximum absolute atomic E-state index is 12.7. The van der Waals surface area contributed by atoms with Crippen LogP contribution in [0.4, 0.5) is 0 Å². The number of likely N-dealkylation sites (N-methyl/N-ethyl adjacent to an activating group) is 1. The van der Waals surface area contributed by atoms with Crippen LogP contribution in [0.2, 0.25) is 0 Å². The Hall–Kier alpha value is -2.85. The summed E-state index contributed by atoms with van der Waals surface area (Å²) < 4.78 is 34.0. The summed E-state index contributed by atoms with van der Waals surface area (Å²) in [6.07, 6.45) is 43.9. The molecule has 0 aromatic heterocycles. The van der Waals surface area contributed by atoms with E-state index in [1.807, 2.05) is 33.3 Å². The first kappa shape index (κ1) is 54.2. The highest BCUT2D eigenvalue weighted by atomic mass is 31.2. The second-order valence-corrected chi connectivity index (χ2v) is 16.6. The quantitative estimate of drug-likeness (QED) is 0.0157. The van der Waals surface area contributed by atoms with Crippen molar-refractivity contribution in [1.82, 2.24) is 0 Å². The number of quaternary nitrogens is 1. The van der Waals surface area contributed by atoms with Gasteiger partial charge in [-0.3, -0.25) is 18.6 Å². The van der Waals surface area contributed by atoms with Gasteiger partial charge in [-0.25, -0.2) is 4.57 Å². The average molecular weight is 821 g/mol. The first-order valence-corrected chi connectivity index (χ1v) is 22.9. The molecule has 0 radical (unpaired) electrons. The molecule has 57 heavy (non-hydrogen) atoms. The third-order valence-corrected chi connectivity index (χ3v) is 9.51. The number of unbranched alkanes of at least 4 members (excludes halogenated alkanes) is 9. The van der Waals surface area contributed by atoms with E-state index in [4.69, 9.17) is 18.5 Å². The minimum absolute atomic E-state index is 0.0100. The van der Waals surface area contributed by atoms with E-state index in [1.165, 1.54) is 25.7 Å². The second-order valence-electron chi connectivity index (χ2n) is 15.2. The Kier molecular flexibility index (Phi) is 35.6. The van der Waals surface area contributed by atoms with Crippen molar-refractivity contribution in [3.63, 3.8) is 0 Å². The predicted molar refractivity (Wildman–Crippen MR) is 235 cm³/mol. The van der Waals surface area contributed by atoms with Gasteiger partial charge in [0.1, 0.15) is 19.8 Å². The Bertz CT molecular complexity index is 1260. The number of esters is 2. The van der Waals surface area contributed by atoms with E-state index in [0.29, 0.717) is 17.4 Å². The van der Waals surface area contributed by atoms with Crippen LogP contribution in [0.5, 0.6) is 0 Å². The van der Waals surface area contributed by atoms with E-state index in [1.54, 1.807) is 12.2 Å². The molecule has 0 spiro atoms. The standard InChI is InChI=1S/C46H78NO9P/c1-6-8-10-12-14-16-18-20-21-22-24-25-27-29-31-33-35-43(48)37-38-45(49)53-41-44(42-55-57(51,52)54-40-39-47(3,4)5)56-46(50)36-34-32-30-28-26-23-19-17-15-13-11-9-7-2/h8,10,14,16-17,19-21,24-25,29,31,33,35,43-44,48H,6-7,9,11-13,15,18,22-23,26-28,30,32,34,36-42H2,1-5H3/p+1/b10-8-,16-14-,19-17-,21-20-,25-24-,31-29-,35-33-/t43?,44-/m1/s1. The van der Waals surface area contributed by atoms with Crippen LogP contribution in [0.15, 0.2) is 85.1 Å². The molecule has 10 nitrogen and oxygen atoms in total. The molecule has 11 heteroatoms. The molecule has 2 unspecified atom stereocenters. The molecule has 0 saturated heterocycles. The highest BCUT2D eigenvalue weighted by Gasteiger charge is 2.27. The lowest BCUT2D eigenvalue weighted by Gasteiger charge is -2.24. The summed E-state index contributed by atoms with van der Waals surface area (Å²) in [7, 11) is 1.33. The predicted octanol–water partition coefficient (Wildman–Crippen LogP) is 11.0. The van der Waals surface area contributed by atoms with Gasteiger partial charge >= 0.3 is 19.8 Å². The third-order valence-electron chi connectivity index (χ3n) is 8.53. The second kappa shape index (κ2) is 37.4. The summed E-state index contributed by atoms with van der Waals surface area (Å²) in [6.45, 7) is 3.97. The van der Waals surface area contributed by atoms with Gasteiger partial charge in [0.25, 0.3) is 0 Å². The number of phosphoric ester groups is 1. The fourth-order valence-corrected chi connectivity index (χ4v) is 5.86. The fraction of sp³-hybridized carbons (Fsp3) is 0.652. The number of aliphatic hydroxyl groups is 1. The van der Waals surface area contributed by atoms with Crippen LogP contribution < -0.4 is 0 Å². The minimum Gasteiger partial charge on any atom is -0.462 e. The number of carbonyl (C=O) groups excluding carboxylic acids is 2. The van der Waals surface area contributed by atoms with Gasteiger partial charge < -0.3 is 24.0 Å². The molecule has 3 atom stereocenters. The summed E-state index contributed by atoms with van der Waals surface area (Å²) in [5.41, 5.74) is 0. The van der Waals surface area contributed by atoms with Gasteiger partial charge in [0, 0.05) is 12.8 Å². The molecule has 0 aromatic carbocycles. The van der Waals surface area contributed by atoms with E-state index in [0.717, 1.165) is 70.6 Å². The Balaban J connectivity index is 4.63. The molecule has 0 aliphatic heterocycles. The van der Waals surface area contributed by atoms with Crippen LogP contribution in [0, 0.1) is 0 Å². The Morgan fingerprint density at radius 3 is 1.81 bits per heavy atom. The van der Waals surface area contributed by atoms with Gasteiger partial charge in [-0.1, -0.05) is 137 Å². The highest BCUT2D eigenvalue weighted by molar-refractivity contribution is 7.47. The average Bonchev–Trinajstić information content (AvgIpc) is 3.16. The smallest absolute Gasteiger partial charge is 0.462 e. The topological polar surface area (TPSA) is 129 Å². The molecule has 0 aromatic rings. The van der Waals surface area contributed by atoms with Crippen LogP contribution in [-0.4, -0.2) is 86.1 Å². The van der Waals surface area contributed by atoms with Crippen LogP contribution in [-0.2, 0) is 32.7 Å². The van der Waals surface area contributed by atoms with Gasteiger partial charge in [0.2, 0.25) is 0 Å².